The monoisotopic (exact) mass is 515 g/mol. The van der Waals surface area contributed by atoms with Crippen molar-refractivity contribution in [2.24, 2.45) is 0 Å². The Labute approximate surface area is 217 Å². The molecule has 5 aromatic rings. The number of aryl methyl sites for hydroxylation is 1. The van der Waals surface area contributed by atoms with E-state index >= 15 is 0 Å². The highest BCUT2D eigenvalue weighted by molar-refractivity contribution is 6.08. The summed E-state index contributed by atoms with van der Waals surface area (Å²) in [5, 5.41) is 12.1. The van der Waals surface area contributed by atoms with E-state index in [0.29, 0.717) is 33.9 Å². The average molecular weight is 516 g/mol. The van der Waals surface area contributed by atoms with Gasteiger partial charge in [-0.05, 0) is 43.7 Å². The lowest BCUT2D eigenvalue weighted by molar-refractivity contribution is -0.137. The second-order valence-electron chi connectivity index (χ2n) is 8.89. The van der Waals surface area contributed by atoms with E-state index < -0.39 is 11.7 Å². The number of hydrogen-bond acceptors (Lipinski definition) is 3. The number of anilines is 1. The Kier molecular flexibility index (Phi) is 6.59. The number of benzene rings is 3. The third-order valence-electron chi connectivity index (χ3n) is 6.23. The van der Waals surface area contributed by atoms with E-state index in [1.807, 2.05) is 60.7 Å². The molecule has 0 atom stereocenters. The molecule has 0 fully saturated rings. The van der Waals surface area contributed by atoms with Crippen molar-refractivity contribution >= 4 is 11.6 Å². The number of nitrogens with zero attached hydrogens (tertiary/aromatic N) is 4. The zero-order valence-electron chi connectivity index (χ0n) is 20.7. The molecule has 9 heteroatoms. The molecule has 2 heterocycles. The van der Waals surface area contributed by atoms with Crippen LogP contribution >= 0.6 is 0 Å². The lowest BCUT2D eigenvalue weighted by Gasteiger charge is -2.10. The van der Waals surface area contributed by atoms with Crippen LogP contribution in [-0.2, 0) is 12.7 Å². The molecular formula is C29H24F3N5O. The number of alkyl halides is 3. The summed E-state index contributed by atoms with van der Waals surface area (Å²) in [5.74, 6) is -0.365. The zero-order valence-corrected chi connectivity index (χ0v) is 20.7. The van der Waals surface area contributed by atoms with Gasteiger partial charge in [0.05, 0.1) is 40.4 Å². The van der Waals surface area contributed by atoms with Gasteiger partial charge in [0, 0.05) is 11.8 Å². The van der Waals surface area contributed by atoms with Crippen molar-refractivity contribution in [3.8, 4) is 16.9 Å². The Hall–Kier alpha value is -4.66. The molecule has 1 amide bonds. The van der Waals surface area contributed by atoms with Gasteiger partial charge in [-0.25, -0.2) is 4.68 Å². The number of nitrogens with one attached hydrogen (secondary N) is 1. The fourth-order valence-electron chi connectivity index (χ4n) is 4.29. The second-order valence-corrected chi connectivity index (χ2v) is 8.89. The van der Waals surface area contributed by atoms with E-state index in [9.17, 15) is 18.0 Å². The molecule has 0 saturated heterocycles. The average Bonchev–Trinajstić information content (AvgIpc) is 3.47. The van der Waals surface area contributed by atoms with Crippen molar-refractivity contribution in [3.63, 3.8) is 0 Å². The molecule has 5 rings (SSSR count). The first-order valence-electron chi connectivity index (χ1n) is 11.9. The van der Waals surface area contributed by atoms with Gasteiger partial charge in [-0.15, -0.1) is 0 Å². The highest BCUT2D eigenvalue weighted by Crippen LogP contribution is 2.30. The minimum Gasteiger partial charge on any atom is -0.319 e. The van der Waals surface area contributed by atoms with Crippen molar-refractivity contribution in [1.29, 1.82) is 0 Å². The van der Waals surface area contributed by atoms with Gasteiger partial charge in [0.25, 0.3) is 5.91 Å². The van der Waals surface area contributed by atoms with E-state index in [1.165, 1.54) is 6.07 Å². The Morgan fingerprint density at radius 1 is 0.895 bits per heavy atom. The highest BCUT2D eigenvalue weighted by Gasteiger charge is 2.30. The molecule has 0 radical (unpaired) electrons. The summed E-state index contributed by atoms with van der Waals surface area (Å²) in [6.45, 7) is 3.65. The maximum absolute atomic E-state index is 13.6. The normalized spacial score (nSPS) is 11.5. The van der Waals surface area contributed by atoms with E-state index in [4.69, 9.17) is 5.10 Å². The first-order chi connectivity index (χ1) is 18.2. The maximum atomic E-state index is 13.6. The lowest BCUT2D eigenvalue weighted by Crippen LogP contribution is -2.14. The summed E-state index contributed by atoms with van der Waals surface area (Å²) in [5.41, 5.74) is 3.94. The fourth-order valence-corrected chi connectivity index (χ4v) is 4.29. The van der Waals surface area contributed by atoms with Crippen molar-refractivity contribution in [2.45, 2.75) is 26.6 Å². The number of rotatable bonds is 6. The minimum atomic E-state index is -4.43. The molecule has 0 saturated carbocycles. The van der Waals surface area contributed by atoms with Crippen LogP contribution in [0.3, 0.4) is 0 Å². The van der Waals surface area contributed by atoms with Crippen molar-refractivity contribution in [1.82, 2.24) is 19.6 Å². The molecule has 3 aromatic carbocycles. The summed E-state index contributed by atoms with van der Waals surface area (Å²) >= 11 is 0. The van der Waals surface area contributed by atoms with Crippen molar-refractivity contribution < 1.29 is 18.0 Å². The molecule has 0 bridgehead atoms. The number of aromatic nitrogens is 4. The molecular weight excluding hydrogens is 491 g/mol. The lowest BCUT2D eigenvalue weighted by atomic mass is 10.1. The number of para-hydroxylation sites is 1. The minimum absolute atomic E-state index is 0.133. The first-order valence-corrected chi connectivity index (χ1v) is 11.9. The van der Waals surface area contributed by atoms with Crippen molar-refractivity contribution in [2.75, 3.05) is 5.32 Å². The van der Waals surface area contributed by atoms with Crippen LogP contribution < -0.4 is 5.32 Å². The SMILES string of the molecule is Cc1nn(Cc2cccc(C(F)(F)F)c2)c(C)c1NC(=O)c1cn(-c2ccccc2)nc1-c1ccccc1. The van der Waals surface area contributed by atoms with E-state index in [0.717, 1.165) is 23.4 Å². The summed E-state index contributed by atoms with van der Waals surface area (Å²) < 4.78 is 42.7. The Bertz CT molecular complexity index is 1590. The molecule has 2 aromatic heterocycles. The number of halogens is 3. The molecule has 0 aliphatic rings. The smallest absolute Gasteiger partial charge is 0.319 e. The molecule has 6 nitrogen and oxygen atoms in total. The van der Waals surface area contributed by atoms with Crippen molar-refractivity contribution in [3.05, 3.63) is 119 Å². The molecule has 38 heavy (non-hydrogen) atoms. The van der Waals surface area contributed by atoms with E-state index in [1.54, 1.807) is 35.5 Å². The number of carbonyl (C=O) groups is 1. The first kappa shape index (κ1) is 25.0. The predicted molar refractivity (Wildman–Crippen MR) is 139 cm³/mol. The zero-order chi connectivity index (χ0) is 26.9. The van der Waals surface area contributed by atoms with Crippen LogP contribution in [-0.4, -0.2) is 25.5 Å². The third-order valence-corrected chi connectivity index (χ3v) is 6.23. The van der Waals surface area contributed by atoms with Gasteiger partial charge in [-0.2, -0.15) is 23.4 Å². The predicted octanol–water partition coefficient (Wildman–Crippen LogP) is 6.67. The molecule has 0 aliphatic carbocycles. The summed E-state index contributed by atoms with van der Waals surface area (Å²) in [6, 6.07) is 24.1. The van der Waals surface area contributed by atoms with Gasteiger partial charge in [0.15, 0.2) is 0 Å². The topological polar surface area (TPSA) is 64.7 Å². The molecule has 0 unspecified atom stereocenters. The Morgan fingerprint density at radius 3 is 2.26 bits per heavy atom. The molecule has 1 N–H and O–H groups in total. The van der Waals surface area contributed by atoms with E-state index in [2.05, 4.69) is 10.4 Å². The van der Waals surface area contributed by atoms with Crippen LogP contribution in [0.1, 0.15) is 32.9 Å². The van der Waals surface area contributed by atoms with Crippen LogP contribution in [0.15, 0.2) is 91.1 Å². The Morgan fingerprint density at radius 2 is 1.58 bits per heavy atom. The number of hydrogen-bond donors (Lipinski definition) is 1. The molecule has 192 valence electrons. The highest BCUT2D eigenvalue weighted by atomic mass is 19.4. The number of carbonyl (C=O) groups excluding carboxylic acids is 1. The van der Waals surface area contributed by atoms with Crippen LogP contribution in [0.5, 0.6) is 0 Å². The van der Waals surface area contributed by atoms with Gasteiger partial charge in [-0.3, -0.25) is 9.48 Å². The summed E-state index contributed by atoms with van der Waals surface area (Å²) in [6.07, 6.45) is -2.74. The number of amides is 1. The second kappa shape index (κ2) is 10.0. The third kappa shape index (κ3) is 5.08. The van der Waals surface area contributed by atoms with Gasteiger partial charge in [-0.1, -0.05) is 60.7 Å². The van der Waals surface area contributed by atoms with Gasteiger partial charge in [0.1, 0.15) is 5.69 Å². The summed E-state index contributed by atoms with van der Waals surface area (Å²) in [4.78, 5) is 13.6. The fraction of sp³-hybridized carbons (Fsp3) is 0.138. The quantitative estimate of drug-likeness (QED) is 0.275. The molecule has 0 aliphatic heterocycles. The Balaban J connectivity index is 1.46. The van der Waals surface area contributed by atoms with Gasteiger partial charge < -0.3 is 5.32 Å². The van der Waals surface area contributed by atoms with Crippen LogP contribution in [0.2, 0.25) is 0 Å². The van der Waals surface area contributed by atoms with Gasteiger partial charge in [0.2, 0.25) is 0 Å². The van der Waals surface area contributed by atoms with Gasteiger partial charge >= 0.3 is 6.18 Å². The van der Waals surface area contributed by atoms with Crippen LogP contribution in [0.4, 0.5) is 18.9 Å². The van der Waals surface area contributed by atoms with E-state index in [-0.39, 0.29) is 12.5 Å². The maximum Gasteiger partial charge on any atom is 0.416 e. The molecule has 0 spiro atoms. The van der Waals surface area contributed by atoms with Crippen LogP contribution in [0.25, 0.3) is 16.9 Å². The summed E-state index contributed by atoms with van der Waals surface area (Å²) in [7, 11) is 0. The standard InChI is InChI=1S/C29H24F3N5O/c1-19-26(20(2)36(34-19)17-21-10-9-13-23(16-21)29(30,31)32)33-28(38)25-18-37(24-14-7-4-8-15-24)35-27(25)22-11-5-3-6-12-22/h3-16,18H,17H2,1-2H3,(H,33,38). The van der Waals surface area contributed by atoms with Crippen LogP contribution in [0, 0.1) is 13.8 Å². The largest absolute Gasteiger partial charge is 0.416 e.